The zero-order valence-electron chi connectivity index (χ0n) is 16.6. The summed E-state index contributed by atoms with van der Waals surface area (Å²) in [4.78, 5) is 20.8. The Kier molecular flexibility index (Phi) is 14.9. The van der Waals surface area contributed by atoms with E-state index in [1.54, 1.807) is 14.2 Å². The van der Waals surface area contributed by atoms with Crippen molar-refractivity contribution >= 4 is 11.9 Å². The quantitative estimate of drug-likeness (QED) is 0.445. The van der Waals surface area contributed by atoms with Crippen LogP contribution in [-0.2, 0) is 28.5 Å². The predicted octanol–water partition coefficient (Wildman–Crippen LogP) is 3.37. The van der Waals surface area contributed by atoms with Crippen LogP contribution in [0.3, 0.4) is 0 Å². The summed E-state index contributed by atoms with van der Waals surface area (Å²) < 4.78 is 19.9. The van der Waals surface area contributed by atoms with Crippen molar-refractivity contribution in [1.82, 2.24) is 0 Å². The molecule has 0 aromatic rings. The fourth-order valence-electron chi connectivity index (χ4n) is 1.67. The van der Waals surface area contributed by atoms with Crippen LogP contribution < -0.4 is 0 Å². The second-order valence-corrected chi connectivity index (χ2v) is 6.45. The minimum Gasteiger partial charge on any atom is -0.466 e. The molecule has 0 radical (unpaired) electrons. The summed E-state index contributed by atoms with van der Waals surface area (Å²) in [6.07, 6.45) is 2.83. The van der Waals surface area contributed by atoms with E-state index in [2.05, 4.69) is 6.92 Å². The summed E-state index contributed by atoms with van der Waals surface area (Å²) in [6.45, 7) is 11.9. The molecule has 0 saturated carbocycles. The van der Waals surface area contributed by atoms with Crippen molar-refractivity contribution in [3.63, 3.8) is 0 Å². The third-order valence-corrected chi connectivity index (χ3v) is 3.83. The molecule has 0 N–H and O–H groups in total. The highest BCUT2D eigenvalue weighted by Gasteiger charge is 2.15. The number of carbonyl (C=O) groups is 2. The molecule has 0 aromatic heterocycles. The normalized spacial score (nSPS) is 13.3. The average molecular weight is 348 g/mol. The molecule has 0 spiro atoms. The highest BCUT2D eigenvalue weighted by molar-refractivity contribution is 5.66. The Morgan fingerprint density at radius 2 is 1.46 bits per heavy atom. The minimum absolute atomic E-state index is 0.111. The number of rotatable bonds is 10. The highest BCUT2D eigenvalue weighted by Crippen LogP contribution is 2.14. The van der Waals surface area contributed by atoms with Crippen LogP contribution in [0.15, 0.2) is 0 Å². The highest BCUT2D eigenvalue weighted by atomic mass is 16.5. The van der Waals surface area contributed by atoms with E-state index in [1.165, 1.54) is 13.8 Å². The second kappa shape index (κ2) is 14.2. The van der Waals surface area contributed by atoms with E-state index in [9.17, 15) is 9.59 Å². The standard InChI is InChI=1S/2C9H18O3/c1-8(10)12-7-5-6-9(2,3)11-4;1-7(8(2)11-4)5-6-12-9(3)10/h5-7H2,1-4H3;7-8H,5-6H2,1-4H3. The zero-order chi connectivity index (χ0) is 19.2. The summed E-state index contributed by atoms with van der Waals surface area (Å²) in [7, 11) is 3.37. The molecule has 0 bridgehead atoms. The minimum atomic E-state index is -0.217. The summed E-state index contributed by atoms with van der Waals surface area (Å²) in [5, 5.41) is 0. The van der Waals surface area contributed by atoms with Crippen LogP contribution in [0.25, 0.3) is 0 Å². The van der Waals surface area contributed by atoms with Gasteiger partial charge in [0.1, 0.15) is 0 Å². The van der Waals surface area contributed by atoms with Gasteiger partial charge in [0, 0.05) is 28.1 Å². The summed E-state index contributed by atoms with van der Waals surface area (Å²) >= 11 is 0. The smallest absolute Gasteiger partial charge is 0.302 e. The second-order valence-electron chi connectivity index (χ2n) is 6.45. The molecular weight excluding hydrogens is 312 g/mol. The molecule has 2 atom stereocenters. The van der Waals surface area contributed by atoms with Crippen molar-refractivity contribution in [3.8, 4) is 0 Å². The SMILES string of the molecule is COC(C)(C)CCCOC(C)=O.COC(C)C(C)CCOC(C)=O. The first-order chi connectivity index (χ1) is 11.1. The van der Waals surface area contributed by atoms with Crippen molar-refractivity contribution in [2.45, 2.75) is 72.5 Å². The van der Waals surface area contributed by atoms with Crippen molar-refractivity contribution < 1.29 is 28.5 Å². The van der Waals surface area contributed by atoms with Gasteiger partial charge in [0.15, 0.2) is 0 Å². The van der Waals surface area contributed by atoms with Gasteiger partial charge in [0.05, 0.1) is 24.9 Å². The lowest BCUT2D eigenvalue weighted by Crippen LogP contribution is -2.22. The molecule has 24 heavy (non-hydrogen) atoms. The van der Waals surface area contributed by atoms with Crippen LogP contribution in [0.5, 0.6) is 0 Å². The molecule has 0 amide bonds. The Morgan fingerprint density at radius 3 is 1.88 bits per heavy atom. The van der Waals surface area contributed by atoms with Gasteiger partial charge in [-0.05, 0) is 46.0 Å². The topological polar surface area (TPSA) is 71.1 Å². The Hall–Kier alpha value is -1.14. The average Bonchev–Trinajstić information content (AvgIpc) is 2.50. The van der Waals surface area contributed by atoms with E-state index in [4.69, 9.17) is 18.9 Å². The molecule has 0 aromatic carbocycles. The van der Waals surface area contributed by atoms with E-state index in [0.29, 0.717) is 19.1 Å². The number of esters is 2. The fraction of sp³-hybridized carbons (Fsp3) is 0.889. The van der Waals surface area contributed by atoms with Crippen molar-refractivity contribution in [2.24, 2.45) is 5.92 Å². The molecule has 0 saturated heterocycles. The molecule has 6 nitrogen and oxygen atoms in total. The largest absolute Gasteiger partial charge is 0.466 e. The molecule has 0 aliphatic carbocycles. The summed E-state index contributed by atoms with van der Waals surface area (Å²) in [5.74, 6) is -0.00755. The van der Waals surface area contributed by atoms with Crippen LogP contribution in [0.2, 0.25) is 0 Å². The van der Waals surface area contributed by atoms with Crippen LogP contribution in [-0.4, -0.2) is 51.1 Å². The van der Waals surface area contributed by atoms with E-state index in [-0.39, 0.29) is 23.6 Å². The molecule has 0 aliphatic heterocycles. The van der Waals surface area contributed by atoms with Gasteiger partial charge in [-0.2, -0.15) is 0 Å². The van der Waals surface area contributed by atoms with E-state index < -0.39 is 0 Å². The van der Waals surface area contributed by atoms with Crippen LogP contribution in [0.1, 0.15) is 60.8 Å². The van der Waals surface area contributed by atoms with Crippen LogP contribution >= 0.6 is 0 Å². The lowest BCUT2D eigenvalue weighted by atomic mass is 10.0. The van der Waals surface area contributed by atoms with Gasteiger partial charge >= 0.3 is 11.9 Å². The Balaban J connectivity index is 0. The van der Waals surface area contributed by atoms with Gasteiger partial charge in [-0.3, -0.25) is 9.59 Å². The third-order valence-electron chi connectivity index (χ3n) is 3.83. The van der Waals surface area contributed by atoms with Gasteiger partial charge in [0.2, 0.25) is 0 Å². The molecule has 0 fully saturated rings. The number of carbonyl (C=O) groups excluding carboxylic acids is 2. The third kappa shape index (κ3) is 17.2. The number of methoxy groups -OCH3 is 2. The van der Waals surface area contributed by atoms with Gasteiger partial charge in [0.25, 0.3) is 0 Å². The maximum absolute atomic E-state index is 10.4. The first-order valence-corrected chi connectivity index (χ1v) is 8.40. The predicted molar refractivity (Wildman–Crippen MR) is 93.8 cm³/mol. The van der Waals surface area contributed by atoms with Crippen LogP contribution in [0.4, 0.5) is 0 Å². The van der Waals surface area contributed by atoms with Crippen molar-refractivity contribution in [3.05, 3.63) is 0 Å². The van der Waals surface area contributed by atoms with Crippen LogP contribution in [0, 0.1) is 5.92 Å². The molecule has 6 heteroatoms. The van der Waals surface area contributed by atoms with Gasteiger partial charge < -0.3 is 18.9 Å². The zero-order valence-corrected chi connectivity index (χ0v) is 16.6. The Bertz CT molecular complexity index is 340. The molecule has 2 unspecified atom stereocenters. The Labute approximate surface area is 147 Å². The maximum atomic E-state index is 10.4. The number of ether oxygens (including phenoxy) is 4. The summed E-state index contributed by atoms with van der Waals surface area (Å²) in [5.41, 5.74) is -0.111. The monoisotopic (exact) mass is 348 g/mol. The molecule has 0 heterocycles. The van der Waals surface area contributed by atoms with Gasteiger partial charge in [-0.25, -0.2) is 0 Å². The lowest BCUT2D eigenvalue weighted by molar-refractivity contribution is -0.142. The first-order valence-electron chi connectivity index (χ1n) is 8.40. The Morgan fingerprint density at radius 1 is 0.958 bits per heavy atom. The van der Waals surface area contributed by atoms with E-state index in [0.717, 1.165) is 19.3 Å². The molecule has 0 rings (SSSR count). The van der Waals surface area contributed by atoms with E-state index >= 15 is 0 Å². The van der Waals surface area contributed by atoms with E-state index in [1.807, 2.05) is 20.8 Å². The molecule has 144 valence electrons. The lowest BCUT2D eigenvalue weighted by Gasteiger charge is -2.22. The summed E-state index contributed by atoms with van der Waals surface area (Å²) in [6, 6.07) is 0. The number of hydrogen-bond donors (Lipinski definition) is 0. The van der Waals surface area contributed by atoms with Gasteiger partial charge in [-0.15, -0.1) is 0 Å². The van der Waals surface area contributed by atoms with Gasteiger partial charge in [-0.1, -0.05) is 6.92 Å². The van der Waals surface area contributed by atoms with Crippen molar-refractivity contribution in [2.75, 3.05) is 27.4 Å². The number of hydrogen-bond acceptors (Lipinski definition) is 6. The van der Waals surface area contributed by atoms with Crippen molar-refractivity contribution in [1.29, 1.82) is 0 Å². The fourth-order valence-corrected chi connectivity index (χ4v) is 1.67. The first kappa shape index (κ1) is 25.1. The maximum Gasteiger partial charge on any atom is 0.302 e. The molecule has 0 aliphatic rings. The molecular formula is C18H36O6.